The molecule has 0 unspecified atom stereocenters. The van der Waals surface area contributed by atoms with Crippen molar-refractivity contribution in [3.8, 4) is 6.07 Å². The Balaban J connectivity index is 1.54. The fourth-order valence-corrected chi connectivity index (χ4v) is 5.30. The maximum atomic E-state index is 9.05. The minimum atomic E-state index is 0.534. The largest absolute Gasteiger partial charge is 0.351 e. The van der Waals surface area contributed by atoms with E-state index in [1.807, 2.05) is 12.1 Å². The molecule has 25 heavy (non-hydrogen) atoms. The lowest BCUT2D eigenvalue weighted by molar-refractivity contribution is 0.0354. The molecule has 126 valence electrons. The van der Waals surface area contributed by atoms with E-state index in [-0.39, 0.29) is 0 Å². The predicted molar refractivity (Wildman–Crippen MR) is 97.4 cm³/mol. The summed E-state index contributed by atoms with van der Waals surface area (Å²) in [6.07, 6.45) is 4.31. The van der Waals surface area contributed by atoms with E-state index in [4.69, 9.17) is 5.26 Å². The van der Waals surface area contributed by atoms with Gasteiger partial charge in [-0.1, -0.05) is 30.3 Å². The van der Waals surface area contributed by atoms with Crippen molar-refractivity contribution < 1.29 is 0 Å². The Labute approximate surface area is 148 Å². The number of anilines is 1. The van der Waals surface area contributed by atoms with E-state index in [1.54, 1.807) is 6.20 Å². The van der Waals surface area contributed by atoms with Crippen LogP contribution in [0, 0.1) is 17.2 Å². The van der Waals surface area contributed by atoms with Gasteiger partial charge in [0, 0.05) is 30.7 Å². The first-order chi connectivity index (χ1) is 12.3. The van der Waals surface area contributed by atoms with Crippen molar-refractivity contribution in [2.45, 2.75) is 30.8 Å². The number of benzene rings is 1. The first-order valence-corrected chi connectivity index (χ1v) is 9.27. The number of fused-ring (bicyclic) bond motifs is 2. The van der Waals surface area contributed by atoms with E-state index in [0.717, 1.165) is 18.3 Å². The lowest BCUT2D eigenvalue weighted by Gasteiger charge is -2.51. The van der Waals surface area contributed by atoms with E-state index < -0.39 is 0 Å². The highest BCUT2D eigenvalue weighted by Crippen LogP contribution is 2.47. The van der Waals surface area contributed by atoms with Gasteiger partial charge in [-0.25, -0.2) is 4.98 Å². The summed E-state index contributed by atoms with van der Waals surface area (Å²) in [4.78, 5) is 9.86. The summed E-state index contributed by atoms with van der Waals surface area (Å²) >= 11 is 0. The van der Waals surface area contributed by atoms with Crippen molar-refractivity contribution in [1.82, 2.24) is 9.88 Å². The van der Waals surface area contributed by atoms with E-state index in [9.17, 15) is 0 Å². The molecule has 0 spiro atoms. The summed E-state index contributed by atoms with van der Waals surface area (Å²) in [5, 5.41) is 9.05. The van der Waals surface area contributed by atoms with Gasteiger partial charge in [0.05, 0.1) is 5.56 Å². The molecule has 1 aromatic carbocycles. The van der Waals surface area contributed by atoms with Crippen LogP contribution < -0.4 is 4.90 Å². The van der Waals surface area contributed by atoms with E-state index in [0.29, 0.717) is 23.6 Å². The van der Waals surface area contributed by atoms with Gasteiger partial charge >= 0.3 is 0 Å². The quantitative estimate of drug-likeness (QED) is 0.849. The average Bonchev–Trinajstić information content (AvgIpc) is 3.12. The highest BCUT2D eigenvalue weighted by atomic mass is 15.3. The molecule has 0 N–H and O–H groups in total. The van der Waals surface area contributed by atoms with Gasteiger partial charge in [0.15, 0.2) is 0 Å². The molecule has 0 amide bonds. The summed E-state index contributed by atoms with van der Waals surface area (Å²) in [7, 11) is 0. The molecule has 4 heteroatoms. The summed E-state index contributed by atoms with van der Waals surface area (Å²) < 4.78 is 0. The third kappa shape index (κ3) is 2.34. The van der Waals surface area contributed by atoms with Crippen LogP contribution in [0.3, 0.4) is 0 Å². The smallest absolute Gasteiger partial charge is 0.128 e. The van der Waals surface area contributed by atoms with Crippen LogP contribution in [0.4, 0.5) is 5.82 Å². The second kappa shape index (κ2) is 5.86. The van der Waals surface area contributed by atoms with Crippen molar-refractivity contribution in [2.75, 3.05) is 24.5 Å². The molecule has 3 atom stereocenters. The second-order valence-corrected chi connectivity index (χ2v) is 7.54. The standard InChI is InChI=1S/C21H22N4/c22-12-15-6-7-19(23-13-15)25-14-18(16-4-2-1-3-5-16)21-20(25)17-8-10-24(21)11-9-17/h1-7,13,17-18,20-21H,8-11,14H2/t18-,20+,21+/m0/s1. The molecule has 2 aromatic rings. The molecular formula is C21H22N4. The summed E-state index contributed by atoms with van der Waals surface area (Å²) in [6.45, 7) is 3.50. The number of hydrogen-bond donors (Lipinski definition) is 0. The van der Waals surface area contributed by atoms with Crippen LogP contribution in [0.1, 0.15) is 29.9 Å². The molecule has 0 radical (unpaired) electrons. The average molecular weight is 330 g/mol. The summed E-state index contributed by atoms with van der Waals surface area (Å²) in [5.74, 6) is 2.33. The molecule has 0 saturated carbocycles. The molecule has 4 saturated heterocycles. The second-order valence-electron chi connectivity index (χ2n) is 7.54. The first-order valence-electron chi connectivity index (χ1n) is 9.27. The number of hydrogen-bond acceptors (Lipinski definition) is 4. The van der Waals surface area contributed by atoms with Crippen molar-refractivity contribution in [2.24, 2.45) is 5.92 Å². The third-order valence-electron chi connectivity index (χ3n) is 6.39. The lowest BCUT2D eigenvalue weighted by atomic mass is 9.75. The third-order valence-corrected chi connectivity index (χ3v) is 6.39. The monoisotopic (exact) mass is 330 g/mol. The molecule has 5 heterocycles. The Bertz CT molecular complexity index is 787. The van der Waals surface area contributed by atoms with Crippen LogP contribution in [-0.4, -0.2) is 41.6 Å². The fraction of sp³-hybridized carbons (Fsp3) is 0.429. The van der Waals surface area contributed by atoms with E-state index >= 15 is 0 Å². The summed E-state index contributed by atoms with van der Waals surface area (Å²) in [6, 6.07) is 18.2. The zero-order chi connectivity index (χ0) is 16.8. The molecule has 2 bridgehead atoms. The van der Waals surface area contributed by atoms with Crippen LogP contribution in [0.2, 0.25) is 0 Å². The molecule has 6 rings (SSSR count). The normalized spacial score (nSPS) is 33.1. The molecular weight excluding hydrogens is 308 g/mol. The van der Waals surface area contributed by atoms with Crippen molar-refractivity contribution in [3.05, 3.63) is 59.8 Å². The minimum absolute atomic E-state index is 0.534. The number of piperidine rings is 3. The van der Waals surface area contributed by atoms with Gasteiger partial charge in [-0.3, -0.25) is 4.90 Å². The highest BCUT2D eigenvalue weighted by molar-refractivity contribution is 5.48. The topological polar surface area (TPSA) is 43.2 Å². The number of nitriles is 1. The van der Waals surface area contributed by atoms with Gasteiger partial charge in [0.25, 0.3) is 0 Å². The Hall–Kier alpha value is -2.38. The zero-order valence-corrected chi connectivity index (χ0v) is 14.3. The number of nitrogens with zero attached hydrogens (tertiary/aromatic N) is 4. The number of aromatic nitrogens is 1. The van der Waals surface area contributed by atoms with Gasteiger partial charge in [-0.05, 0) is 49.5 Å². The first kappa shape index (κ1) is 14.9. The number of rotatable bonds is 2. The number of pyridine rings is 1. The molecule has 4 aliphatic heterocycles. The van der Waals surface area contributed by atoms with Crippen molar-refractivity contribution in [1.29, 1.82) is 5.26 Å². The van der Waals surface area contributed by atoms with Gasteiger partial charge in [-0.15, -0.1) is 0 Å². The van der Waals surface area contributed by atoms with Gasteiger partial charge in [0.2, 0.25) is 0 Å². The highest BCUT2D eigenvalue weighted by Gasteiger charge is 2.53. The van der Waals surface area contributed by atoms with Crippen LogP contribution in [0.5, 0.6) is 0 Å². The van der Waals surface area contributed by atoms with E-state index in [1.165, 1.54) is 31.5 Å². The van der Waals surface area contributed by atoms with Crippen LogP contribution >= 0.6 is 0 Å². The Kier molecular flexibility index (Phi) is 3.50. The lowest BCUT2D eigenvalue weighted by Crippen LogP contribution is -2.60. The molecule has 4 fully saturated rings. The molecule has 4 nitrogen and oxygen atoms in total. The SMILES string of the molecule is N#Cc1ccc(N2C[C@@H](c3ccccc3)[C@@H]3[C@H]2C2CCN3CC2)nc1. The van der Waals surface area contributed by atoms with Crippen LogP contribution in [0.15, 0.2) is 48.7 Å². The van der Waals surface area contributed by atoms with Crippen molar-refractivity contribution >= 4 is 5.82 Å². The maximum absolute atomic E-state index is 9.05. The van der Waals surface area contributed by atoms with Gasteiger partial charge in [-0.2, -0.15) is 5.26 Å². The predicted octanol–water partition coefficient (Wildman–Crippen LogP) is 3.02. The van der Waals surface area contributed by atoms with Gasteiger partial charge < -0.3 is 4.90 Å². The summed E-state index contributed by atoms with van der Waals surface area (Å²) in [5.41, 5.74) is 2.08. The minimum Gasteiger partial charge on any atom is -0.351 e. The van der Waals surface area contributed by atoms with Crippen LogP contribution in [0.25, 0.3) is 0 Å². The Morgan fingerprint density at radius 2 is 1.80 bits per heavy atom. The fourth-order valence-electron chi connectivity index (χ4n) is 5.30. The zero-order valence-electron chi connectivity index (χ0n) is 14.3. The van der Waals surface area contributed by atoms with Gasteiger partial charge in [0.1, 0.15) is 11.9 Å². The Morgan fingerprint density at radius 1 is 1.00 bits per heavy atom. The van der Waals surface area contributed by atoms with E-state index in [2.05, 4.69) is 51.2 Å². The molecule has 4 aliphatic rings. The van der Waals surface area contributed by atoms with Crippen LogP contribution in [-0.2, 0) is 0 Å². The molecule has 1 aromatic heterocycles. The Morgan fingerprint density at radius 3 is 2.48 bits per heavy atom. The maximum Gasteiger partial charge on any atom is 0.128 e. The van der Waals surface area contributed by atoms with Crippen molar-refractivity contribution in [3.63, 3.8) is 0 Å². The molecule has 0 aliphatic carbocycles.